The molecule has 1 heterocycles. The molecule has 2 N–H and O–H groups in total. The molecule has 0 radical (unpaired) electrons. The Bertz CT molecular complexity index is 739. The van der Waals surface area contributed by atoms with Crippen LogP contribution >= 0.6 is 0 Å². The first-order valence-electron chi connectivity index (χ1n) is 7.33. The van der Waals surface area contributed by atoms with Crippen molar-refractivity contribution in [2.24, 2.45) is 0 Å². The molecule has 3 rings (SSSR count). The second-order valence-electron chi connectivity index (χ2n) is 5.27. The Morgan fingerprint density at radius 2 is 1.50 bits per heavy atom. The Hall–Kier alpha value is -2.81. The number of aryl methyl sites for hydroxylation is 1. The number of nitrogen functional groups attached to an aromatic ring is 1. The summed E-state index contributed by atoms with van der Waals surface area (Å²) >= 11 is 0. The van der Waals surface area contributed by atoms with Gasteiger partial charge in [0, 0.05) is 17.9 Å². The first-order valence-corrected chi connectivity index (χ1v) is 7.33. The highest BCUT2D eigenvalue weighted by atomic mass is 15.2. The minimum Gasteiger partial charge on any atom is -0.396 e. The average Bonchev–Trinajstić information content (AvgIpc) is 2.57. The summed E-state index contributed by atoms with van der Waals surface area (Å²) in [5.74, 6) is 0.801. The van der Waals surface area contributed by atoms with Gasteiger partial charge in [0.2, 0.25) is 0 Å². The molecule has 0 saturated heterocycles. The Morgan fingerprint density at radius 3 is 2.18 bits per heavy atom. The van der Waals surface area contributed by atoms with Gasteiger partial charge in [-0.05, 0) is 36.8 Å². The third-order valence-corrected chi connectivity index (χ3v) is 3.55. The van der Waals surface area contributed by atoms with E-state index in [4.69, 9.17) is 5.73 Å². The lowest BCUT2D eigenvalue weighted by molar-refractivity contribution is 0.942. The molecule has 0 amide bonds. The Morgan fingerprint density at radius 1 is 0.864 bits per heavy atom. The van der Waals surface area contributed by atoms with Crippen molar-refractivity contribution in [3.05, 3.63) is 84.1 Å². The topological polar surface area (TPSA) is 42.1 Å². The summed E-state index contributed by atoms with van der Waals surface area (Å²) in [6, 6.07) is 24.4. The molecule has 110 valence electrons. The van der Waals surface area contributed by atoms with Gasteiger partial charge < -0.3 is 10.6 Å². The van der Waals surface area contributed by atoms with Crippen LogP contribution in [0.15, 0.2) is 72.8 Å². The van der Waals surface area contributed by atoms with Gasteiger partial charge in [0.25, 0.3) is 0 Å². The number of rotatable bonds is 4. The maximum absolute atomic E-state index is 6.18. The number of aromatic nitrogens is 1. The number of anilines is 3. The zero-order chi connectivity index (χ0) is 15.4. The fraction of sp³-hybridized carbons (Fsp3) is 0.105. The van der Waals surface area contributed by atoms with Crippen LogP contribution in [-0.4, -0.2) is 4.98 Å². The molecule has 0 aliphatic rings. The second-order valence-corrected chi connectivity index (χ2v) is 5.27. The summed E-state index contributed by atoms with van der Waals surface area (Å²) in [5.41, 5.74) is 10.1. The average molecular weight is 289 g/mol. The van der Waals surface area contributed by atoms with Gasteiger partial charge in [-0.25, -0.2) is 4.98 Å². The summed E-state index contributed by atoms with van der Waals surface area (Å²) < 4.78 is 0. The molecule has 0 fully saturated rings. The van der Waals surface area contributed by atoms with E-state index in [0.29, 0.717) is 5.69 Å². The van der Waals surface area contributed by atoms with Crippen molar-refractivity contribution in [3.8, 4) is 0 Å². The Kier molecular flexibility index (Phi) is 4.05. The maximum atomic E-state index is 6.18. The minimum atomic E-state index is 0.686. The van der Waals surface area contributed by atoms with Gasteiger partial charge in [0.15, 0.2) is 5.82 Å². The summed E-state index contributed by atoms with van der Waals surface area (Å²) in [6.45, 7) is 2.71. The zero-order valence-electron chi connectivity index (χ0n) is 12.6. The highest BCUT2D eigenvalue weighted by Gasteiger charge is 2.14. The summed E-state index contributed by atoms with van der Waals surface area (Å²) in [7, 11) is 0. The Balaban J connectivity index is 2.05. The lowest BCUT2D eigenvalue weighted by atomic mass is 10.2. The van der Waals surface area contributed by atoms with Gasteiger partial charge >= 0.3 is 0 Å². The number of benzene rings is 2. The maximum Gasteiger partial charge on any atom is 0.156 e. The van der Waals surface area contributed by atoms with E-state index in [1.54, 1.807) is 0 Å². The number of pyridine rings is 1. The van der Waals surface area contributed by atoms with Crippen LogP contribution in [0.3, 0.4) is 0 Å². The Labute approximate surface area is 131 Å². The second kappa shape index (κ2) is 6.31. The predicted octanol–water partition coefficient (Wildman–Crippen LogP) is 4.31. The molecule has 0 spiro atoms. The van der Waals surface area contributed by atoms with Crippen LogP contribution in [0.25, 0.3) is 0 Å². The third-order valence-electron chi connectivity index (χ3n) is 3.55. The van der Waals surface area contributed by atoms with Crippen molar-refractivity contribution in [2.75, 3.05) is 10.6 Å². The van der Waals surface area contributed by atoms with E-state index in [0.717, 1.165) is 23.7 Å². The normalized spacial score (nSPS) is 10.4. The molecule has 0 unspecified atom stereocenters. The van der Waals surface area contributed by atoms with E-state index >= 15 is 0 Å². The first-order chi connectivity index (χ1) is 10.7. The molecule has 3 nitrogen and oxygen atoms in total. The van der Waals surface area contributed by atoms with E-state index in [-0.39, 0.29) is 0 Å². The fourth-order valence-electron chi connectivity index (χ4n) is 2.43. The number of hydrogen-bond acceptors (Lipinski definition) is 3. The van der Waals surface area contributed by atoms with Gasteiger partial charge in [0.1, 0.15) is 0 Å². The van der Waals surface area contributed by atoms with Crippen LogP contribution in [0.2, 0.25) is 0 Å². The predicted molar refractivity (Wildman–Crippen MR) is 92.1 cm³/mol. The molecule has 1 aromatic heterocycles. The molecule has 0 atom stereocenters. The van der Waals surface area contributed by atoms with Gasteiger partial charge in [-0.15, -0.1) is 0 Å². The molecule has 3 aromatic rings. The minimum absolute atomic E-state index is 0.686. The molecular weight excluding hydrogens is 270 g/mol. The van der Waals surface area contributed by atoms with Crippen LogP contribution in [0.1, 0.15) is 11.3 Å². The quantitative estimate of drug-likeness (QED) is 0.778. The monoisotopic (exact) mass is 289 g/mol. The van der Waals surface area contributed by atoms with Gasteiger partial charge in [-0.1, -0.05) is 48.5 Å². The van der Waals surface area contributed by atoms with Crippen LogP contribution < -0.4 is 10.6 Å². The first kappa shape index (κ1) is 14.1. The summed E-state index contributed by atoms with van der Waals surface area (Å²) in [6.07, 6.45) is 0. The highest BCUT2D eigenvalue weighted by molar-refractivity contribution is 5.71. The van der Waals surface area contributed by atoms with Crippen molar-refractivity contribution in [1.82, 2.24) is 4.98 Å². The number of para-hydroxylation sites is 1. The van der Waals surface area contributed by atoms with E-state index in [9.17, 15) is 0 Å². The molecule has 0 aliphatic heterocycles. The number of nitrogens with zero attached hydrogens (tertiary/aromatic N) is 2. The van der Waals surface area contributed by atoms with Crippen LogP contribution in [0.4, 0.5) is 17.2 Å². The number of nitrogens with two attached hydrogens (primary N) is 1. The van der Waals surface area contributed by atoms with E-state index in [1.807, 2.05) is 55.5 Å². The van der Waals surface area contributed by atoms with E-state index in [2.05, 4.69) is 34.1 Å². The fourth-order valence-corrected chi connectivity index (χ4v) is 2.43. The standard InChI is InChI=1S/C19H19N3/c1-15-12-13-18(20)19(21-15)22(17-10-6-3-7-11-17)14-16-8-4-2-5-9-16/h2-13H,14,20H2,1H3. The van der Waals surface area contributed by atoms with Crippen molar-refractivity contribution < 1.29 is 0 Å². The van der Waals surface area contributed by atoms with E-state index < -0.39 is 0 Å². The van der Waals surface area contributed by atoms with Crippen LogP contribution in [-0.2, 0) is 6.54 Å². The zero-order valence-corrected chi connectivity index (χ0v) is 12.6. The highest BCUT2D eigenvalue weighted by Crippen LogP contribution is 2.30. The van der Waals surface area contributed by atoms with Gasteiger partial charge in [-0.2, -0.15) is 0 Å². The summed E-state index contributed by atoms with van der Waals surface area (Å²) in [5, 5.41) is 0. The SMILES string of the molecule is Cc1ccc(N)c(N(Cc2ccccc2)c2ccccc2)n1. The summed E-state index contributed by atoms with van der Waals surface area (Å²) in [4.78, 5) is 6.80. The molecule has 0 saturated carbocycles. The molecule has 2 aromatic carbocycles. The largest absolute Gasteiger partial charge is 0.396 e. The molecular formula is C19H19N3. The van der Waals surface area contributed by atoms with Crippen molar-refractivity contribution in [1.29, 1.82) is 0 Å². The van der Waals surface area contributed by atoms with Crippen LogP contribution in [0.5, 0.6) is 0 Å². The van der Waals surface area contributed by atoms with Crippen molar-refractivity contribution in [2.45, 2.75) is 13.5 Å². The molecule has 0 aliphatic carbocycles. The third kappa shape index (κ3) is 3.09. The smallest absolute Gasteiger partial charge is 0.156 e. The van der Waals surface area contributed by atoms with Gasteiger partial charge in [0.05, 0.1) is 5.69 Å². The van der Waals surface area contributed by atoms with Crippen molar-refractivity contribution >= 4 is 17.2 Å². The van der Waals surface area contributed by atoms with E-state index in [1.165, 1.54) is 5.56 Å². The number of hydrogen-bond donors (Lipinski definition) is 1. The molecule has 3 heteroatoms. The lowest BCUT2D eigenvalue weighted by Gasteiger charge is -2.25. The van der Waals surface area contributed by atoms with Crippen LogP contribution in [0, 0.1) is 6.92 Å². The molecule has 0 bridgehead atoms. The molecule has 22 heavy (non-hydrogen) atoms. The van der Waals surface area contributed by atoms with Crippen molar-refractivity contribution in [3.63, 3.8) is 0 Å². The lowest BCUT2D eigenvalue weighted by Crippen LogP contribution is -2.19. The van der Waals surface area contributed by atoms with Gasteiger partial charge in [-0.3, -0.25) is 0 Å².